The van der Waals surface area contributed by atoms with Crippen LogP contribution in [0.2, 0.25) is 0 Å². The highest BCUT2D eigenvalue weighted by Gasteiger charge is 2.28. The van der Waals surface area contributed by atoms with Crippen LogP contribution in [-0.2, 0) is 19.1 Å². The Kier molecular flexibility index (Phi) is 7.41. The summed E-state index contributed by atoms with van der Waals surface area (Å²) >= 11 is 0. The summed E-state index contributed by atoms with van der Waals surface area (Å²) in [5, 5.41) is 13.3. The highest BCUT2D eigenvalue weighted by Crippen LogP contribution is 2.15. The van der Waals surface area contributed by atoms with Crippen LogP contribution in [0.1, 0.15) is 31.1 Å². The van der Waals surface area contributed by atoms with E-state index in [4.69, 9.17) is 9.47 Å². The SMILES string of the molecule is CCOC(=O)/C(=N\NC(=O)c1ccccc1O)C(C)C(=O)OCC. The number of amides is 1. The molecule has 0 saturated heterocycles. The van der Waals surface area contributed by atoms with E-state index in [9.17, 15) is 19.5 Å². The lowest BCUT2D eigenvalue weighted by Gasteiger charge is -2.13. The van der Waals surface area contributed by atoms with Crippen molar-refractivity contribution in [3.05, 3.63) is 29.8 Å². The minimum Gasteiger partial charge on any atom is -0.507 e. The number of benzene rings is 1. The fourth-order valence-corrected chi connectivity index (χ4v) is 1.74. The summed E-state index contributed by atoms with van der Waals surface area (Å²) < 4.78 is 9.68. The Morgan fingerprint density at radius 1 is 1.17 bits per heavy atom. The molecule has 1 unspecified atom stereocenters. The molecule has 8 heteroatoms. The average Bonchev–Trinajstić information content (AvgIpc) is 2.55. The first-order valence-electron chi connectivity index (χ1n) is 7.42. The Hall–Kier alpha value is -2.90. The van der Waals surface area contributed by atoms with Crippen LogP contribution in [0.5, 0.6) is 5.75 Å². The van der Waals surface area contributed by atoms with Crippen molar-refractivity contribution in [2.24, 2.45) is 11.0 Å². The maximum absolute atomic E-state index is 12.0. The number of hydrazone groups is 1. The lowest BCUT2D eigenvalue weighted by molar-refractivity contribution is -0.146. The van der Waals surface area contributed by atoms with Gasteiger partial charge in [0.2, 0.25) is 0 Å². The third kappa shape index (κ3) is 5.08. The molecule has 0 aromatic heterocycles. The van der Waals surface area contributed by atoms with Crippen LogP contribution in [0.3, 0.4) is 0 Å². The number of hydrogen-bond acceptors (Lipinski definition) is 7. The van der Waals surface area contributed by atoms with Crippen molar-refractivity contribution in [3.63, 3.8) is 0 Å². The Bertz CT molecular complexity index is 641. The minimum absolute atomic E-state index is 0.0201. The van der Waals surface area contributed by atoms with Gasteiger partial charge in [-0.05, 0) is 32.9 Å². The number of rotatable bonds is 7. The second kappa shape index (κ2) is 9.29. The quantitative estimate of drug-likeness (QED) is 0.440. The van der Waals surface area contributed by atoms with Crippen molar-refractivity contribution < 1.29 is 29.0 Å². The summed E-state index contributed by atoms with van der Waals surface area (Å²) in [6.07, 6.45) is 0. The first-order valence-corrected chi connectivity index (χ1v) is 7.42. The molecule has 0 aliphatic rings. The smallest absolute Gasteiger partial charge is 0.355 e. The van der Waals surface area contributed by atoms with Gasteiger partial charge in [0.1, 0.15) is 11.7 Å². The number of hydrogen-bond donors (Lipinski definition) is 2. The number of ether oxygens (including phenoxy) is 2. The Balaban J connectivity index is 2.99. The van der Waals surface area contributed by atoms with E-state index in [0.29, 0.717) is 0 Å². The molecule has 130 valence electrons. The Morgan fingerprint density at radius 2 is 1.79 bits per heavy atom. The van der Waals surface area contributed by atoms with Crippen molar-refractivity contribution in [2.45, 2.75) is 20.8 Å². The summed E-state index contributed by atoms with van der Waals surface area (Å²) in [7, 11) is 0. The summed E-state index contributed by atoms with van der Waals surface area (Å²) in [4.78, 5) is 35.8. The van der Waals surface area contributed by atoms with Crippen molar-refractivity contribution in [3.8, 4) is 5.75 Å². The van der Waals surface area contributed by atoms with Gasteiger partial charge in [0.15, 0.2) is 5.71 Å². The second-order valence-corrected chi connectivity index (χ2v) is 4.65. The number of para-hydroxylation sites is 1. The van der Waals surface area contributed by atoms with Gasteiger partial charge >= 0.3 is 11.9 Å². The number of phenolic OH excluding ortho intramolecular Hbond substituents is 1. The zero-order valence-corrected chi connectivity index (χ0v) is 13.7. The molecular weight excluding hydrogens is 316 g/mol. The first kappa shape index (κ1) is 19.1. The van der Waals surface area contributed by atoms with E-state index in [0.717, 1.165) is 0 Å². The molecule has 1 aromatic rings. The Morgan fingerprint density at radius 3 is 2.38 bits per heavy atom. The van der Waals surface area contributed by atoms with Crippen LogP contribution >= 0.6 is 0 Å². The normalized spacial score (nSPS) is 12.2. The van der Waals surface area contributed by atoms with E-state index < -0.39 is 23.8 Å². The first-order chi connectivity index (χ1) is 11.4. The second-order valence-electron chi connectivity index (χ2n) is 4.65. The van der Waals surface area contributed by atoms with Gasteiger partial charge in [0.25, 0.3) is 5.91 Å². The number of esters is 2. The molecule has 0 fully saturated rings. The van der Waals surface area contributed by atoms with E-state index in [2.05, 4.69) is 10.5 Å². The minimum atomic E-state index is -1.02. The summed E-state index contributed by atoms with van der Waals surface area (Å²) in [6.45, 7) is 4.88. The molecule has 8 nitrogen and oxygen atoms in total. The fourth-order valence-electron chi connectivity index (χ4n) is 1.74. The van der Waals surface area contributed by atoms with Gasteiger partial charge in [0.05, 0.1) is 18.8 Å². The van der Waals surface area contributed by atoms with Crippen LogP contribution < -0.4 is 5.43 Å². The van der Waals surface area contributed by atoms with Crippen molar-refractivity contribution in [1.29, 1.82) is 0 Å². The standard InChI is InChI=1S/C16H20N2O6/c1-4-23-15(21)10(3)13(16(22)24-5-2)17-18-14(20)11-8-6-7-9-12(11)19/h6-10,19H,4-5H2,1-3H3,(H,18,20)/b17-13-. The molecule has 1 rings (SSSR count). The average molecular weight is 336 g/mol. The third-order valence-corrected chi connectivity index (χ3v) is 2.96. The predicted molar refractivity (Wildman–Crippen MR) is 85.4 cm³/mol. The molecule has 0 heterocycles. The number of nitrogens with zero attached hydrogens (tertiary/aromatic N) is 1. The fraction of sp³-hybridized carbons (Fsp3) is 0.375. The molecular formula is C16H20N2O6. The van der Waals surface area contributed by atoms with Crippen molar-refractivity contribution in [2.75, 3.05) is 13.2 Å². The molecule has 0 saturated carbocycles. The molecule has 2 N–H and O–H groups in total. The van der Waals surface area contributed by atoms with Crippen molar-refractivity contribution in [1.82, 2.24) is 5.43 Å². The maximum atomic E-state index is 12.0. The molecule has 1 aromatic carbocycles. The van der Waals surface area contributed by atoms with E-state index in [1.165, 1.54) is 19.1 Å². The van der Waals surface area contributed by atoms with E-state index >= 15 is 0 Å². The summed E-state index contributed by atoms with van der Waals surface area (Å²) in [5.74, 6) is -3.49. The van der Waals surface area contributed by atoms with Gasteiger partial charge in [-0.1, -0.05) is 12.1 Å². The molecule has 1 atom stereocenters. The van der Waals surface area contributed by atoms with Gasteiger partial charge < -0.3 is 14.6 Å². The molecule has 0 spiro atoms. The molecule has 0 radical (unpaired) electrons. The lowest BCUT2D eigenvalue weighted by Crippen LogP contribution is -2.34. The predicted octanol–water partition coefficient (Wildman–Crippen LogP) is 1.24. The number of nitrogens with one attached hydrogen (secondary N) is 1. The number of carbonyl (C=O) groups excluding carboxylic acids is 3. The van der Waals surface area contributed by atoms with Crippen LogP contribution in [-0.4, -0.2) is 41.9 Å². The number of phenols is 1. The van der Waals surface area contributed by atoms with Crippen molar-refractivity contribution >= 4 is 23.6 Å². The molecule has 1 amide bonds. The Labute approximate surface area is 139 Å². The lowest BCUT2D eigenvalue weighted by atomic mass is 10.1. The third-order valence-electron chi connectivity index (χ3n) is 2.96. The highest BCUT2D eigenvalue weighted by atomic mass is 16.5. The van der Waals surface area contributed by atoms with Gasteiger partial charge in [-0.15, -0.1) is 0 Å². The molecule has 0 aliphatic heterocycles. The van der Waals surface area contributed by atoms with Gasteiger partial charge in [-0.2, -0.15) is 5.10 Å². The molecule has 24 heavy (non-hydrogen) atoms. The largest absolute Gasteiger partial charge is 0.507 e. The highest BCUT2D eigenvalue weighted by molar-refractivity contribution is 6.40. The van der Waals surface area contributed by atoms with Gasteiger partial charge in [-0.25, -0.2) is 10.2 Å². The number of aromatic hydroxyl groups is 1. The van der Waals surface area contributed by atoms with Crippen LogP contribution in [0.25, 0.3) is 0 Å². The molecule has 0 bridgehead atoms. The van der Waals surface area contributed by atoms with Gasteiger partial charge in [0, 0.05) is 0 Å². The summed E-state index contributed by atoms with van der Waals surface area (Å²) in [6, 6.07) is 5.85. The summed E-state index contributed by atoms with van der Waals surface area (Å²) in [5.41, 5.74) is 1.82. The van der Waals surface area contributed by atoms with Gasteiger partial charge in [-0.3, -0.25) is 9.59 Å². The van der Waals surface area contributed by atoms with Crippen LogP contribution in [0, 0.1) is 5.92 Å². The topological polar surface area (TPSA) is 114 Å². The zero-order chi connectivity index (χ0) is 18.1. The van der Waals surface area contributed by atoms with E-state index in [1.54, 1.807) is 26.0 Å². The molecule has 0 aliphatic carbocycles. The number of carbonyl (C=O) groups is 3. The van der Waals surface area contributed by atoms with E-state index in [-0.39, 0.29) is 30.2 Å². The maximum Gasteiger partial charge on any atom is 0.355 e. The van der Waals surface area contributed by atoms with E-state index in [1.807, 2.05) is 0 Å². The van der Waals surface area contributed by atoms with Crippen LogP contribution in [0.15, 0.2) is 29.4 Å². The van der Waals surface area contributed by atoms with Crippen LogP contribution in [0.4, 0.5) is 0 Å². The zero-order valence-electron chi connectivity index (χ0n) is 13.7. The monoisotopic (exact) mass is 336 g/mol.